The van der Waals surface area contributed by atoms with Crippen LogP contribution in [0.5, 0.6) is 5.75 Å². The third-order valence-electron chi connectivity index (χ3n) is 3.72. The van der Waals surface area contributed by atoms with Gasteiger partial charge in [-0.25, -0.2) is 0 Å². The molecule has 5 nitrogen and oxygen atoms in total. The number of nitrogens with zero attached hydrogens (tertiary/aromatic N) is 1. The number of carbonyl (C=O) groups excluding carboxylic acids is 2. The van der Waals surface area contributed by atoms with Gasteiger partial charge in [-0.05, 0) is 54.1 Å². The second-order valence-electron chi connectivity index (χ2n) is 5.28. The van der Waals surface area contributed by atoms with Gasteiger partial charge in [0.05, 0.1) is 11.0 Å². The first-order chi connectivity index (χ1) is 9.37. The number of amides is 2. The van der Waals surface area contributed by atoms with Crippen molar-refractivity contribution in [2.45, 2.75) is 13.3 Å². The van der Waals surface area contributed by atoms with Gasteiger partial charge in [0.25, 0.3) is 5.91 Å². The lowest BCUT2D eigenvalue weighted by molar-refractivity contribution is -0.128. The monoisotopic (exact) mass is 388 g/mol. The normalized spacial score (nSPS) is 21.9. The van der Waals surface area contributed by atoms with Crippen LogP contribution < -0.4 is 5.32 Å². The van der Waals surface area contributed by atoms with E-state index < -0.39 is 5.41 Å². The minimum atomic E-state index is -0.554. The molecule has 1 fully saturated rings. The third kappa shape index (κ3) is 2.74. The molecule has 1 saturated heterocycles. The van der Waals surface area contributed by atoms with Crippen molar-refractivity contribution >= 4 is 34.4 Å². The Kier molecular flexibility index (Phi) is 4.22. The smallest absolute Gasteiger partial charge is 0.257 e. The summed E-state index contributed by atoms with van der Waals surface area (Å²) >= 11 is 2.10. The number of hydrogen-bond acceptors (Lipinski definition) is 3. The van der Waals surface area contributed by atoms with Gasteiger partial charge in [0, 0.05) is 23.7 Å². The molecule has 1 aliphatic heterocycles. The van der Waals surface area contributed by atoms with Gasteiger partial charge in [0.15, 0.2) is 0 Å². The summed E-state index contributed by atoms with van der Waals surface area (Å²) < 4.78 is 0.886. The molecule has 1 aromatic carbocycles. The van der Waals surface area contributed by atoms with Crippen LogP contribution in [0.3, 0.4) is 0 Å². The molecule has 20 heavy (non-hydrogen) atoms. The van der Waals surface area contributed by atoms with Crippen molar-refractivity contribution in [1.82, 2.24) is 10.2 Å². The second-order valence-corrected chi connectivity index (χ2v) is 6.52. The van der Waals surface area contributed by atoms with Gasteiger partial charge in [-0.15, -0.1) is 0 Å². The Morgan fingerprint density at radius 2 is 2.15 bits per heavy atom. The molecule has 1 aromatic rings. The maximum Gasteiger partial charge on any atom is 0.257 e. The van der Waals surface area contributed by atoms with Gasteiger partial charge in [-0.2, -0.15) is 0 Å². The van der Waals surface area contributed by atoms with E-state index in [2.05, 4.69) is 27.9 Å². The maximum absolute atomic E-state index is 12.4. The number of phenols is 1. The highest BCUT2D eigenvalue weighted by atomic mass is 127. The Bertz CT molecular complexity index is 561. The number of phenolic OH excluding ortho intramolecular Hbond substituents is 1. The van der Waals surface area contributed by atoms with E-state index >= 15 is 0 Å². The Labute approximate surface area is 131 Å². The highest BCUT2D eigenvalue weighted by Gasteiger charge is 2.41. The van der Waals surface area contributed by atoms with Crippen LogP contribution in [0, 0.1) is 8.99 Å². The number of halogens is 1. The first kappa shape index (κ1) is 15.1. The van der Waals surface area contributed by atoms with Gasteiger partial charge in [-0.1, -0.05) is 0 Å². The van der Waals surface area contributed by atoms with Crippen LogP contribution in [0.15, 0.2) is 18.2 Å². The van der Waals surface area contributed by atoms with E-state index in [0.717, 1.165) is 3.57 Å². The van der Waals surface area contributed by atoms with Crippen molar-refractivity contribution in [2.24, 2.45) is 5.41 Å². The molecule has 0 spiro atoms. The number of benzene rings is 1. The van der Waals surface area contributed by atoms with Gasteiger partial charge in [0.2, 0.25) is 5.91 Å². The van der Waals surface area contributed by atoms with Crippen LogP contribution in [0.1, 0.15) is 23.7 Å². The summed E-state index contributed by atoms with van der Waals surface area (Å²) in [6, 6.07) is 4.92. The summed E-state index contributed by atoms with van der Waals surface area (Å²) in [5.74, 6) is -0.308. The summed E-state index contributed by atoms with van der Waals surface area (Å²) in [5, 5.41) is 12.5. The molecule has 0 bridgehead atoms. The molecule has 0 radical (unpaired) electrons. The van der Waals surface area contributed by atoms with Gasteiger partial charge in [-0.3, -0.25) is 9.59 Å². The molecular formula is C14H17IN2O3. The van der Waals surface area contributed by atoms with Crippen molar-refractivity contribution in [3.8, 4) is 5.75 Å². The van der Waals surface area contributed by atoms with Crippen molar-refractivity contribution in [3.05, 3.63) is 27.3 Å². The number of hydrogen-bond donors (Lipinski definition) is 2. The molecule has 1 atom stereocenters. The van der Waals surface area contributed by atoms with E-state index in [4.69, 9.17) is 0 Å². The lowest BCUT2D eigenvalue weighted by Crippen LogP contribution is -2.40. The fourth-order valence-corrected chi connectivity index (χ4v) is 2.96. The Morgan fingerprint density at radius 1 is 1.45 bits per heavy atom. The lowest BCUT2D eigenvalue weighted by atomic mass is 9.89. The highest BCUT2D eigenvalue weighted by Crippen LogP contribution is 2.32. The van der Waals surface area contributed by atoms with E-state index in [9.17, 15) is 14.7 Å². The number of aromatic hydroxyl groups is 1. The van der Waals surface area contributed by atoms with Gasteiger partial charge >= 0.3 is 0 Å². The molecule has 0 aromatic heterocycles. The first-order valence-corrected chi connectivity index (χ1v) is 7.45. The summed E-state index contributed by atoms with van der Waals surface area (Å²) in [4.78, 5) is 25.9. The second kappa shape index (κ2) is 5.59. The van der Waals surface area contributed by atoms with Crippen LogP contribution >= 0.6 is 22.6 Å². The molecule has 1 heterocycles. The first-order valence-electron chi connectivity index (χ1n) is 6.37. The van der Waals surface area contributed by atoms with Crippen molar-refractivity contribution in [3.63, 3.8) is 0 Å². The molecule has 2 rings (SSSR count). The van der Waals surface area contributed by atoms with E-state index in [-0.39, 0.29) is 23.1 Å². The average molecular weight is 388 g/mol. The van der Waals surface area contributed by atoms with E-state index in [0.29, 0.717) is 19.5 Å². The molecule has 1 aliphatic rings. The van der Waals surface area contributed by atoms with E-state index in [1.165, 1.54) is 6.07 Å². The molecule has 2 amide bonds. The van der Waals surface area contributed by atoms with Crippen LogP contribution in [-0.2, 0) is 4.79 Å². The van der Waals surface area contributed by atoms with Gasteiger partial charge in [0.1, 0.15) is 5.75 Å². The van der Waals surface area contributed by atoms with Crippen LogP contribution in [0.4, 0.5) is 0 Å². The van der Waals surface area contributed by atoms with Gasteiger partial charge < -0.3 is 15.3 Å². The fourth-order valence-electron chi connectivity index (χ4n) is 2.47. The minimum absolute atomic E-state index is 0.0241. The van der Waals surface area contributed by atoms with Crippen molar-refractivity contribution in [2.75, 3.05) is 20.1 Å². The Balaban J connectivity index is 2.20. The summed E-state index contributed by atoms with van der Waals surface area (Å²) in [6.07, 6.45) is 0.628. The fraction of sp³-hybridized carbons (Fsp3) is 0.429. The van der Waals surface area contributed by atoms with Crippen molar-refractivity contribution in [1.29, 1.82) is 0 Å². The maximum atomic E-state index is 12.4. The number of likely N-dealkylation sites (tertiary alicyclic amines) is 1. The largest absolute Gasteiger partial charge is 0.507 e. The zero-order chi connectivity index (χ0) is 14.9. The zero-order valence-corrected chi connectivity index (χ0v) is 13.6. The Morgan fingerprint density at radius 3 is 2.80 bits per heavy atom. The van der Waals surface area contributed by atoms with Crippen LogP contribution in [0.25, 0.3) is 0 Å². The molecule has 6 heteroatoms. The molecule has 2 N–H and O–H groups in total. The third-order valence-corrected chi connectivity index (χ3v) is 4.40. The summed E-state index contributed by atoms with van der Waals surface area (Å²) in [6.45, 7) is 2.75. The topological polar surface area (TPSA) is 69.6 Å². The summed E-state index contributed by atoms with van der Waals surface area (Å²) in [7, 11) is 1.60. The number of nitrogens with one attached hydrogen (secondary N) is 1. The van der Waals surface area contributed by atoms with E-state index in [1.54, 1.807) is 24.1 Å². The van der Waals surface area contributed by atoms with E-state index in [1.807, 2.05) is 6.92 Å². The Hall–Kier alpha value is -1.31. The average Bonchev–Trinajstić information content (AvgIpc) is 2.83. The molecule has 108 valence electrons. The standard InChI is InChI=1S/C14H17IN2O3/c1-14(13(20)16-2)5-6-17(8-14)12(19)10-7-9(15)3-4-11(10)18/h3-4,7,18H,5-6,8H2,1-2H3,(H,16,20). The molecule has 0 saturated carbocycles. The number of carbonyl (C=O) groups is 2. The SMILES string of the molecule is CNC(=O)C1(C)CCN(C(=O)c2cc(I)ccc2O)C1. The van der Waals surface area contributed by atoms with Crippen molar-refractivity contribution < 1.29 is 14.7 Å². The minimum Gasteiger partial charge on any atom is -0.507 e. The van der Waals surface area contributed by atoms with Crippen LogP contribution in [0.2, 0.25) is 0 Å². The molecule has 0 aliphatic carbocycles. The number of rotatable bonds is 2. The quantitative estimate of drug-likeness (QED) is 0.757. The predicted octanol–water partition coefficient (Wildman–Crippen LogP) is 1.59. The molecular weight excluding hydrogens is 371 g/mol. The predicted molar refractivity (Wildman–Crippen MR) is 83.5 cm³/mol. The zero-order valence-electron chi connectivity index (χ0n) is 11.4. The lowest BCUT2D eigenvalue weighted by Gasteiger charge is -2.23. The summed E-state index contributed by atoms with van der Waals surface area (Å²) in [5.41, 5.74) is -0.264. The van der Waals surface area contributed by atoms with Crippen LogP contribution in [-0.4, -0.2) is 42.0 Å². The highest BCUT2D eigenvalue weighted by molar-refractivity contribution is 14.1. The molecule has 1 unspecified atom stereocenters.